The Kier molecular flexibility index (Phi) is 1.82. The van der Waals surface area contributed by atoms with Crippen molar-refractivity contribution in [2.75, 3.05) is 0 Å². The number of nitrogens with zero attached hydrogens (tertiary/aromatic N) is 1. The second kappa shape index (κ2) is 2.45. The molecular weight excluding hydrogens is 206 g/mol. The highest BCUT2D eigenvalue weighted by molar-refractivity contribution is 9.11. The van der Waals surface area contributed by atoms with Crippen molar-refractivity contribution in [1.29, 1.82) is 0 Å². The van der Waals surface area contributed by atoms with Gasteiger partial charge in [0.2, 0.25) is 0 Å². The van der Waals surface area contributed by atoms with Crippen LogP contribution in [0.2, 0.25) is 0 Å². The summed E-state index contributed by atoms with van der Waals surface area (Å²) < 4.78 is 0.502. The van der Waals surface area contributed by atoms with E-state index >= 15 is 0 Å². The van der Waals surface area contributed by atoms with Gasteiger partial charge in [-0.25, -0.2) is 4.98 Å². The molecule has 1 aromatic heterocycles. The molecule has 3 nitrogen and oxygen atoms in total. The average Bonchev–Trinajstić information content (AvgIpc) is 2.13. The van der Waals surface area contributed by atoms with Crippen LogP contribution in [0.25, 0.3) is 0 Å². The van der Waals surface area contributed by atoms with Gasteiger partial charge in [-0.1, -0.05) is 0 Å². The first-order chi connectivity index (χ1) is 4.22. The van der Waals surface area contributed by atoms with E-state index in [1.165, 1.54) is 16.8 Å². The molecule has 0 aliphatic heterocycles. The molecule has 0 N–H and O–H groups in total. The van der Waals surface area contributed by atoms with Crippen molar-refractivity contribution in [3.8, 4) is 0 Å². The number of hydrogen-bond acceptors (Lipinski definition) is 4. The van der Waals surface area contributed by atoms with Crippen LogP contribution in [0.4, 0.5) is 0 Å². The molecule has 0 spiro atoms. The molecule has 0 unspecified atom stereocenters. The van der Waals surface area contributed by atoms with Crippen molar-refractivity contribution >= 4 is 33.2 Å². The Morgan fingerprint density at radius 1 is 1.89 bits per heavy atom. The Hall–Kier alpha value is -0.420. The van der Waals surface area contributed by atoms with Crippen molar-refractivity contribution in [3.05, 3.63) is 15.0 Å². The zero-order valence-corrected chi connectivity index (χ0v) is 6.53. The Morgan fingerprint density at radius 3 is 2.78 bits per heavy atom. The van der Waals surface area contributed by atoms with Gasteiger partial charge in [-0.05, 0) is 15.9 Å². The lowest BCUT2D eigenvalue weighted by Gasteiger charge is -1.93. The van der Waals surface area contributed by atoms with Gasteiger partial charge in [0, 0.05) is 0 Å². The van der Waals surface area contributed by atoms with Crippen molar-refractivity contribution in [1.82, 2.24) is 4.98 Å². The maximum atomic E-state index is 10.1. The number of rotatable bonds is 1. The minimum atomic E-state index is -1.25. The van der Waals surface area contributed by atoms with E-state index in [0.717, 1.165) is 0 Å². The minimum Gasteiger partial charge on any atom is -0.543 e. The van der Waals surface area contributed by atoms with Gasteiger partial charge in [-0.2, -0.15) is 0 Å². The molecular formula is C4HBrNO2S-. The van der Waals surface area contributed by atoms with Gasteiger partial charge < -0.3 is 9.90 Å². The Morgan fingerprint density at radius 2 is 2.56 bits per heavy atom. The molecule has 0 bridgehead atoms. The summed E-state index contributed by atoms with van der Waals surface area (Å²) in [4.78, 5) is 13.6. The van der Waals surface area contributed by atoms with Crippen LogP contribution >= 0.6 is 27.3 Å². The molecule has 48 valence electrons. The molecule has 1 rings (SSSR count). The largest absolute Gasteiger partial charge is 0.543 e. The zero-order chi connectivity index (χ0) is 6.85. The van der Waals surface area contributed by atoms with E-state index in [2.05, 4.69) is 20.9 Å². The van der Waals surface area contributed by atoms with Gasteiger partial charge in [0.1, 0.15) is 5.69 Å². The number of carbonyl (C=O) groups excluding carboxylic acids is 1. The Balaban J connectivity index is 3.08. The number of halogens is 1. The first-order valence-corrected chi connectivity index (χ1v) is 3.69. The highest BCUT2D eigenvalue weighted by Crippen LogP contribution is 2.19. The van der Waals surface area contributed by atoms with E-state index in [9.17, 15) is 9.90 Å². The average molecular weight is 207 g/mol. The standard InChI is InChI=1S/C4H2BrNO2S/c5-3-2(4(7)8)6-1-9-3/h1H,(H,7,8)/p-1. The number of thiazole rings is 1. The zero-order valence-electron chi connectivity index (χ0n) is 4.13. The van der Waals surface area contributed by atoms with E-state index in [1.54, 1.807) is 0 Å². The smallest absolute Gasteiger partial charge is 0.111 e. The summed E-state index contributed by atoms with van der Waals surface area (Å²) in [5.41, 5.74) is 1.41. The topological polar surface area (TPSA) is 53.0 Å². The van der Waals surface area contributed by atoms with Crippen LogP contribution in [0.5, 0.6) is 0 Å². The highest BCUT2D eigenvalue weighted by atomic mass is 79.9. The number of carboxylic acid groups (broad SMARTS) is 1. The van der Waals surface area contributed by atoms with Crippen LogP contribution in [0.1, 0.15) is 10.5 Å². The molecule has 0 amide bonds. The molecule has 1 heterocycles. The Bertz CT molecular complexity index is 234. The molecule has 1 aromatic rings. The lowest BCUT2D eigenvalue weighted by Crippen LogP contribution is -2.22. The van der Waals surface area contributed by atoms with Crippen LogP contribution in [-0.4, -0.2) is 11.0 Å². The summed E-state index contributed by atoms with van der Waals surface area (Å²) >= 11 is 4.22. The quantitative estimate of drug-likeness (QED) is 0.664. The minimum absolute atomic E-state index is 0.0278. The van der Waals surface area contributed by atoms with Gasteiger partial charge in [-0.15, -0.1) is 11.3 Å². The van der Waals surface area contributed by atoms with E-state index in [0.29, 0.717) is 3.79 Å². The van der Waals surface area contributed by atoms with Crippen LogP contribution in [-0.2, 0) is 0 Å². The fourth-order valence-corrected chi connectivity index (χ4v) is 1.38. The number of carbonyl (C=O) groups is 1. The van der Waals surface area contributed by atoms with Crippen molar-refractivity contribution in [3.63, 3.8) is 0 Å². The van der Waals surface area contributed by atoms with E-state index in [4.69, 9.17) is 0 Å². The van der Waals surface area contributed by atoms with Gasteiger partial charge in [0.05, 0.1) is 15.3 Å². The molecule has 0 radical (unpaired) electrons. The molecule has 0 fully saturated rings. The maximum absolute atomic E-state index is 10.1. The third kappa shape index (κ3) is 1.28. The van der Waals surface area contributed by atoms with E-state index in [-0.39, 0.29) is 5.69 Å². The summed E-state index contributed by atoms with van der Waals surface area (Å²) in [6.45, 7) is 0. The highest BCUT2D eigenvalue weighted by Gasteiger charge is 2.01. The monoisotopic (exact) mass is 206 g/mol. The van der Waals surface area contributed by atoms with Gasteiger partial charge >= 0.3 is 0 Å². The fraction of sp³-hybridized carbons (Fsp3) is 0. The van der Waals surface area contributed by atoms with Crippen molar-refractivity contribution in [2.24, 2.45) is 0 Å². The molecule has 5 heteroatoms. The number of carboxylic acids is 1. The van der Waals surface area contributed by atoms with Gasteiger partial charge in [0.25, 0.3) is 0 Å². The SMILES string of the molecule is O=C([O-])c1ncsc1Br. The van der Waals surface area contributed by atoms with Crippen molar-refractivity contribution < 1.29 is 9.90 Å². The second-order valence-corrected chi connectivity index (χ2v) is 3.43. The predicted octanol–water partition coefficient (Wildman–Crippen LogP) is 0.269. The molecule has 0 aliphatic carbocycles. The number of aromatic carboxylic acids is 1. The lowest BCUT2D eigenvalue weighted by molar-refractivity contribution is -0.255. The summed E-state index contributed by atoms with van der Waals surface area (Å²) in [6, 6.07) is 0. The van der Waals surface area contributed by atoms with Crippen molar-refractivity contribution in [2.45, 2.75) is 0 Å². The van der Waals surface area contributed by atoms with Crippen LogP contribution < -0.4 is 5.11 Å². The molecule has 0 saturated carbocycles. The number of hydrogen-bond donors (Lipinski definition) is 0. The van der Waals surface area contributed by atoms with Gasteiger partial charge in [0.15, 0.2) is 0 Å². The van der Waals surface area contributed by atoms with Crippen LogP contribution in [0, 0.1) is 0 Å². The summed E-state index contributed by atoms with van der Waals surface area (Å²) in [6.07, 6.45) is 0. The Labute approximate surface area is 63.5 Å². The van der Waals surface area contributed by atoms with E-state index in [1.807, 2.05) is 0 Å². The predicted molar refractivity (Wildman–Crippen MR) is 34.1 cm³/mol. The molecule has 0 aromatic carbocycles. The summed E-state index contributed by atoms with van der Waals surface area (Å²) in [7, 11) is 0. The maximum Gasteiger partial charge on any atom is 0.111 e. The van der Waals surface area contributed by atoms with Crippen LogP contribution in [0.15, 0.2) is 9.30 Å². The number of aromatic nitrogens is 1. The second-order valence-electron chi connectivity index (χ2n) is 1.26. The summed E-state index contributed by atoms with van der Waals surface area (Å²) in [5.74, 6) is -1.25. The third-order valence-corrected chi connectivity index (χ3v) is 2.26. The van der Waals surface area contributed by atoms with Crippen LogP contribution in [0.3, 0.4) is 0 Å². The lowest BCUT2D eigenvalue weighted by atomic mass is 10.5. The molecule has 0 atom stereocenters. The third-order valence-electron chi connectivity index (χ3n) is 0.718. The molecule has 0 aliphatic rings. The molecule has 9 heavy (non-hydrogen) atoms. The first kappa shape index (κ1) is 6.70. The molecule has 0 saturated heterocycles. The normalized spacial score (nSPS) is 9.44. The van der Waals surface area contributed by atoms with Gasteiger partial charge in [-0.3, -0.25) is 0 Å². The summed E-state index contributed by atoms with van der Waals surface area (Å²) in [5, 5.41) is 10.1. The first-order valence-electron chi connectivity index (χ1n) is 2.02. The fourth-order valence-electron chi connectivity index (χ4n) is 0.365. The van der Waals surface area contributed by atoms with E-state index < -0.39 is 5.97 Å².